The average molecular weight is 381 g/mol. The Balaban J connectivity index is 1.55. The number of anilines is 1. The number of ether oxygens (including phenoxy) is 1. The number of aromatic nitrogens is 3. The predicted molar refractivity (Wildman–Crippen MR) is 103 cm³/mol. The quantitative estimate of drug-likeness (QED) is 0.735. The SMILES string of the molecule is COc1nc(N2CCN(Cc3ccc(F)cc3C)C2=O)ccc1-c1cn[nH]c1. The van der Waals surface area contributed by atoms with Gasteiger partial charge in [-0.25, -0.2) is 9.18 Å². The molecule has 0 bridgehead atoms. The van der Waals surface area contributed by atoms with Crippen LogP contribution in [0.4, 0.5) is 15.0 Å². The molecule has 2 aromatic heterocycles. The van der Waals surface area contributed by atoms with Crippen LogP contribution < -0.4 is 9.64 Å². The van der Waals surface area contributed by atoms with Gasteiger partial charge in [-0.3, -0.25) is 10.00 Å². The molecule has 0 radical (unpaired) electrons. The number of aryl methyl sites for hydroxylation is 1. The van der Waals surface area contributed by atoms with Crippen LogP contribution in [0.2, 0.25) is 0 Å². The van der Waals surface area contributed by atoms with Crippen molar-refractivity contribution in [1.29, 1.82) is 0 Å². The number of nitrogens with zero attached hydrogens (tertiary/aromatic N) is 4. The van der Waals surface area contributed by atoms with E-state index in [4.69, 9.17) is 4.74 Å². The summed E-state index contributed by atoms with van der Waals surface area (Å²) in [6, 6.07) is 8.16. The van der Waals surface area contributed by atoms with Crippen LogP contribution in [0.5, 0.6) is 5.88 Å². The summed E-state index contributed by atoms with van der Waals surface area (Å²) in [6.45, 7) is 3.38. The summed E-state index contributed by atoms with van der Waals surface area (Å²) < 4.78 is 18.7. The molecule has 2 amide bonds. The van der Waals surface area contributed by atoms with Gasteiger partial charge in [0, 0.05) is 37.0 Å². The van der Waals surface area contributed by atoms with E-state index >= 15 is 0 Å². The molecule has 8 heteroatoms. The maximum Gasteiger partial charge on any atom is 0.326 e. The molecule has 1 aliphatic rings. The number of amides is 2. The summed E-state index contributed by atoms with van der Waals surface area (Å²) >= 11 is 0. The van der Waals surface area contributed by atoms with Crippen molar-refractivity contribution in [2.75, 3.05) is 25.1 Å². The molecule has 4 rings (SSSR count). The lowest BCUT2D eigenvalue weighted by Crippen LogP contribution is -2.32. The van der Waals surface area contributed by atoms with Gasteiger partial charge in [-0.15, -0.1) is 0 Å². The predicted octanol–water partition coefficient (Wildman–Crippen LogP) is 3.37. The second-order valence-electron chi connectivity index (χ2n) is 6.64. The number of hydrogen-bond acceptors (Lipinski definition) is 4. The van der Waals surface area contributed by atoms with E-state index in [9.17, 15) is 9.18 Å². The Morgan fingerprint density at radius 1 is 1.25 bits per heavy atom. The number of hydrogen-bond donors (Lipinski definition) is 1. The van der Waals surface area contributed by atoms with Gasteiger partial charge >= 0.3 is 6.03 Å². The van der Waals surface area contributed by atoms with Gasteiger partial charge in [-0.2, -0.15) is 10.1 Å². The van der Waals surface area contributed by atoms with Crippen molar-refractivity contribution in [1.82, 2.24) is 20.1 Å². The summed E-state index contributed by atoms with van der Waals surface area (Å²) in [7, 11) is 1.55. The molecule has 0 aliphatic carbocycles. The molecule has 0 atom stereocenters. The lowest BCUT2D eigenvalue weighted by molar-refractivity contribution is 0.218. The van der Waals surface area contributed by atoms with Crippen LogP contribution in [0.1, 0.15) is 11.1 Å². The molecule has 144 valence electrons. The number of aromatic amines is 1. The number of rotatable bonds is 5. The maximum atomic E-state index is 13.3. The van der Waals surface area contributed by atoms with Crippen molar-refractivity contribution in [2.24, 2.45) is 0 Å². The Hall–Kier alpha value is -3.42. The first-order valence-electron chi connectivity index (χ1n) is 8.92. The minimum atomic E-state index is -0.273. The van der Waals surface area contributed by atoms with Gasteiger partial charge < -0.3 is 9.64 Å². The molecule has 0 spiro atoms. The first-order chi connectivity index (χ1) is 13.6. The highest BCUT2D eigenvalue weighted by Gasteiger charge is 2.31. The molecule has 1 saturated heterocycles. The molecule has 1 fully saturated rings. The van der Waals surface area contributed by atoms with Gasteiger partial charge in [-0.1, -0.05) is 6.07 Å². The fraction of sp³-hybridized carbons (Fsp3) is 0.250. The van der Waals surface area contributed by atoms with E-state index in [2.05, 4.69) is 15.2 Å². The third-order valence-electron chi connectivity index (χ3n) is 4.89. The number of urea groups is 1. The van der Waals surface area contributed by atoms with E-state index in [1.165, 1.54) is 12.1 Å². The zero-order valence-electron chi connectivity index (χ0n) is 15.6. The van der Waals surface area contributed by atoms with E-state index in [0.717, 1.165) is 22.3 Å². The molecule has 7 nitrogen and oxygen atoms in total. The van der Waals surface area contributed by atoms with Crippen LogP contribution in [0.3, 0.4) is 0 Å². The molecule has 1 N–H and O–H groups in total. The van der Waals surface area contributed by atoms with Crippen molar-refractivity contribution in [3.05, 3.63) is 59.7 Å². The van der Waals surface area contributed by atoms with Gasteiger partial charge in [0.05, 0.1) is 13.3 Å². The van der Waals surface area contributed by atoms with Crippen LogP contribution in [0.15, 0.2) is 42.7 Å². The second kappa shape index (κ2) is 7.30. The minimum absolute atomic E-state index is 0.130. The monoisotopic (exact) mass is 381 g/mol. The third-order valence-corrected chi connectivity index (χ3v) is 4.89. The molecule has 0 unspecified atom stereocenters. The fourth-order valence-electron chi connectivity index (χ4n) is 3.34. The largest absolute Gasteiger partial charge is 0.480 e. The zero-order chi connectivity index (χ0) is 19.7. The molecule has 3 heterocycles. The van der Waals surface area contributed by atoms with Crippen LogP contribution in [0.25, 0.3) is 11.1 Å². The normalized spacial score (nSPS) is 14.0. The summed E-state index contributed by atoms with van der Waals surface area (Å²) in [5, 5.41) is 6.71. The summed E-state index contributed by atoms with van der Waals surface area (Å²) in [5.74, 6) is 0.691. The van der Waals surface area contributed by atoms with Gasteiger partial charge in [-0.05, 0) is 42.3 Å². The number of pyridine rings is 1. The lowest BCUT2D eigenvalue weighted by atomic mass is 10.1. The fourth-order valence-corrected chi connectivity index (χ4v) is 3.34. The van der Waals surface area contributed by atoms with Crippen LogP contribution in [-0.2, 0) is 6.54 Å². The molecule has 0 saturated carbocycles. The van der Waals surface area contributed by atoms with Crippen molar-refractivity contribution < 1.29 is 13.9 Å². The number of methoxy groups -OCH3 is 1. The van der Waals surface area contributed by atoms with E-state index in [-0.39, 0.29) is 11.8 Å². The summed E-state index contributed by atoms with van der Waals surface area (Å²) in [5.41, 5.74) is 3.41. The van der Waals surface area contributed by atoms with E-state index < -0.39 is 0 Å². The molecule has 28 heavy (non-hydrogen) atoms. The topological polar surface area (TPSA) is 74.3 Å². The van der Waals surface area contributed by atoms with Gasteiger partial charge in [0.25, 0.3) is 0 Å². The first-order valence-corrected chi connectivity index (χ1v) is 8.92. The second-order valence-corrected chi connectivity index (χ2v) is 6.64. The Kier molecular flexibility index (Phi) is 4.68. The molecule has 1 aromatic carbocycles. The highest BCUT2D eigenvalue weighted by molar-refractivity contribution is 5.93. The van der Waals surface area contributed by atoms with Crippen LogP contribution >= 0.6 is 0 Å². The maximum absolute atomic E-state index is 13.3. The van der Waals surface area contributed by atoms with E-state index in [1.54, 1.807) is 41.4 Å². The van der Waals surface area contributed by atoms with Crippen molar-refractivity contribution >= 4 is 11.8 Å². The summed E-state index contributed by atoms with van der Waals surface area (Å²) in [4.78, 5) is 20.8. The molecular weight excluding hydrogens is 361 g/mol. The van der Waals surface area contributed by atoms with Crippen LogP contribution in [-0.4, -0.2) is 46.3 Å². The molecular formula is C20H20FN5O2. The molecule has 1 aliphatic heterocycles. The van der Waals surface area contributed by atoms with E-state index in [0.29, 0.717) is 31.3 Å². The van der Waals surface area contributed by atoms with Gasteiger partial charge in [0.1, 0.15) is 11.6 Å². The third kappa shape index (κ3) is 3.28. The number of H-pyrrole nitrogens is 1. The van der Waals surface area contributed by atoms with Gasteiger partial charge in [0.15, 0.2) is 0 Å². The number of carbonyl (C=O) groups excluding carboxylic acids is 1. The lowest BCUT2D eigenvalue weighted by Gasteiger charge is -2.19. The highest BCUT2D eigenvalue weighted by atomic mass is 19.1. The van der Waals surface area contributed by atoms with Crippen molar-refractivity contribution in [3.63, 3.8) is 0 Å². The van der Waals surface area contributed by atoms with Crippen molar-refractivity contribution in [3.8, 4) is 17.0 Å². The van der Waals surface area contributed by atoms with Gasteiger partial charge in [0.2, 0.25) is 5.88 Å². The number of nitrogens with one attached hydrogen (secondary N) is 1. The smallest absolute Gasteiger partial charge is 0.326 e. The minimum Gasteiger partial charge on any atom is -0.480 e. The average Bonchev–Trinajstić information content (AvgIpc) is 3.34. The standard InChI is InChI=1S/C20H20FN5O2/c1-13-9-16(21)4-3-14(13)12-25-7-8-26(20(25)27)18-6-5-17(19(24-18)28-2)15-10-22-23-11-15/h3-6,9-11H,7-8,12H2,1-2H3,(H,22,23). The number of halogens is 1. The van der Waals surface area contributed by atoms with E-state index in [1.807, 2.05) is 13.0 Å². The Labute approximate surface area is 161 Å². The Morgan fingerprint density at radius 2 is 2.11 bits per heavy atom. The first kappa shape index (κ1) is 18.0. The van der Waals surface area contributed by atoms with Crippen molar-refractivity contribution in [2.45, 2.75) is 13.5 Å². The number of benzene rings is 1. The number of carbonyl (C=O) groups is 1. The Morgan fingerprint density at radius 3 is 2.82 bits per heavy atom. The summed E-state index contributed by atoms with van der Waals surface area (Å²) in [6.07, 6.45) is 3.44. The Bertz CT molecular complexity index is 1010. The highest BCUT2D eigenvalue weighted by Crippen LogP contribution is 2.31. The van der Waals surface area contributed by atoms with Crippen LogP contribution in [0, 0.1) is 12.7 Å². The zero-order valence-corrected chi connectivity index (χ0v) is 15.6. The molecule has 3 aromatic rings.